The molecule has 0 unspecified atom stereocenters. The van der Waals surface area contributed by atoms with Crippen LogP contribution in [0.3, 0.4) is 0 Å². The van der Waals surface area contributed by atoms with Crippen LogP contribution in [0.15, 0.2) is 23.0 Å². The van der Waals surface area contributed by atoms with Gasteiger partial charge in [0.1, 0.15) is 0 Å². The van der Waals surface area contributed by atoms with Crippen LogP contribution < -0.4 is 5.56 Å². The first-order chi connectivity index (χ1) is 13.0. The van der Waals surface area contributed by atoms with Gasteiger partial charge in [-0.05, 0) is 47.9 Å². The molecule has 1 N–H and O–H groups in total. The molecule has 0 saturated carbocycles. The summed E-state index contributed by atoms with van der Waals surface area (Å²) < 4.78 is 26.7. The highest BCUT2D eigenvalue weighted by atomic mass is 19.3. The highest BCUT2D eigenvalue weighted by Gasteiger charge is 2.34. The Kier molecular flexibility index (Phi) is 3.97. The van der Waals surface area contributed by atoms with E-state index in [0.717, 1.165) is 48.9 Å². The molecule has 1 saturated heterocycles. The third-order valence-electron chi connectivity index (χ3n) is 6.45. The fourth-order valence-electron chi connectivity index (χ4n) is 4.95. The van der Waals surface area contributed by atoms with Crippen molar-refractivity contribution in [1.82, 2.24) is 9.88 Å². The van der Waals surface area contributed by atoms with Crippen molar-refractivity contribution in [2.75, 3.05) is 13.1 Å². The van der Waals surface area contributed by atoms with Crippen molar-refractivity contribution in [3.63, 3.8) is 0 Å². The zero-order valence-corrected chi connectivity index (χ0v) is 15.4. The fraction of sp³-hybridized carbons (Fsp3) is 0.500. The van der Waals surface area contributed by atoms with E-state index in [0.29, 0.717) is 19.6 Å². The number of rotatable bonds is 2. The third-order valence-corrected chi connectivity index (χ3v) is 6.45. The summed E-state index contributed by atoms with van der Waals surface area (Å²) in [4.78, 5) is 17.7. The van der Waals surface area contributed by atoms with Gasteiger partial charge in [0.25, 0.3) is 11.5 Å². The van der Waals surface area contributed by atoms with E-state index in [1.165, 1.54) is 22.3 Å². The van der Waals surface area contributed by atoms with Crippen molar-refractivity contribution in [1.29, 1.82) is 0 Å². The van der Waals surface area contributed by atoms with Crippen LogP contribution in [0.25, 0.3) is 11.3 Å². The first-order valence-corrected chi connectivity index (χ1v) is 9.99. The minimum absolute atomic E-state index is 0.0449. The van der Waals surface area contributed by atoms with Gasteiger partial charge in [0, 0.05) is 50.0 Å². The van der Waals surface area contributed by atoms with Gasteiger partial charge in [-0.2, -0.15) is 0 Å². The van der Waals surface area contributed by atoms with Crippen LogP contribution in [0, 0.1) is 0 Å². The summed E-state index contributed by atoms with van der Waals surface area (Å²) in [5.41, 5.74) is 8.19. The molecule has 2 heterocycles. The smallest absolute Gasteiger partial charge is 0.251 e. The second kappa shape index (κ2) is 6.26. The van der Waals surface area contributed by atoms with E-state index >= 15 is 0 Å². The molecule has 2 aromatic rings. The summed E-state index contributed by atoms with van der Waals surface area (Å²) in [6, 6.07) is 6.38. The Bertz CT molecular complexity index is 954. The molecule has 3 nitrogen and oxygen atoms in total. The largest absolute Gasteiger partial charge is 0.321 e. The minimum atomic E-state index is -2.50. The minimum Gasteiger partial charge on any atom is -0.321 e. The van der Waals surface area contributed by atoms with Gasteiger partial charge < -0.3 is 4.98 Å². The Morgan fingerprint density at radius 2 is 1.78 bits per heavy atom. The van der Waals surface area contributed by atoms with Gasteiger partial charge in [0.15, 0.2) is 0 Å². The second-order valence-corrected chi connectivity index (χ2v) is 8.27. The highest BCUT2D eigenvalue weighted by molar-refractivity contribution is 5.75. The number of halogens is 2. The second-order valence-electron chi connectivity index (χ2n) is 8.27. The number of aromatic nitrogens is 1. The summed E-state index contributed by atoms with van der Waals surface area (Å²) in [6.45, 7) is 1.62. The van der Waals surface area contributed by atoms with Crippen LogP contribution in [0.2, 0.25) is 0 Å². The zero-order chi connectivity index (χ0) is 18.6. The van der Waals surface area contributed by atoms with Gasteiger partial charge in [0.2, 0.25) is 0 Å². The highest BCUT2D eigenvalue weighted by Crippen LogP contribution is 2.39. The molecule has 5 rings (SSSR count). The standard InChI is InChI=1S/C22H24F2N2O/c23-22(24)7-9-26(10-8-22)13-14-5-6-16-15(11-14)12-19-17-3-1-2-4-18(17)21(27)25-20(16)19/h5-6,11H,1-4,7-10,12-13H2,(H,25,27). The van der Waals surface area contributed by atoms with Crippen LogP contribution in [0.1, 0.15) is 53.5 Å². The predicted octanol–water partition coefficient (Wildman–Crippen LogP) is 4.06. The molecule has 2 aliphatic carbocycles. The number of pyridine rings is 1. The SMILES string of the molecule is O=c1[nH]c2c(c3c1CCCC3)Cc1cc(CN3CCC(F)(F)CC3)ccc1-2. The number of aromatic amines is 1. The average molecular weight is 370 g/mol. The number of hydrogen-bond acceptors (Lipinski definition) is 2. The molecule has 0 amide bonds. The maximum Gasteiger partial charge on any atom is 0.251 e. The number of hydrogen-bond donors (Lipinski definition) is 1. The van der Waals surface area contributed by atoms with Crippen molar-refractivity contribution in [3.05, 3.63) is 56.4 Å². The number of H-pyrrole nitrogens is 1. The lowest BCUT2D eigenvalue weighted by molar-refractivity contribution is -0.0566. The number of benzene rings is 1. The summed E-state index contributed by atoms with van der Waals surface area (Å²) in [5, 5.41) is 0. The summed E-state index contributed by atoms with van der Waals surface area (Å²) in [6.07, 6.45) is 4.93. The van der Waals surface area contributed by atoms with Crippen LogP contribution in [-0.4, -0.2) is 28.9 Å². The van der Waals surface area contributed by atoms with Gasteiger partial charge in [-0.25, -0.2) is 8.78 Å². The maximum atomic E-state index is 13.4. The van der Waals surface area contributed by atoms with Crippen LogP contribution in [0.4, 0.5) is 8.78 Å². The number of alkyl halides is 2. The van der Waals surface area contributed by atoms with Gasteiger partial charge in [-0.3, -0.25) is 9.69 Å². The first-order valence-electron chi connectivity index (χ1n) is 9.99. The predicted molar refractivity (Wildman–Crippen MR) is 101 cm³/mol. The lowest BCUT2D eigenvalue weighted by Crippen LogP contribution is -2.38. The molecule has 0 bridgehead atoms. The Labute approximate surface area is 157 Å². The molecule has 1 aromatic heterocycles. The number of nitrogens with zero attached hydrogens (tertiary/aromatic N) is 1. The summed E-state index contributed by atoms with van der Waals surface area (Å²) >= 11 is 0. The molecule has 3 aliphatic rings. The topological polar surface area (TPSA) is 36.1 Å². The lowest BCUT2D eigenvalue weighted by Gasteiger charge is -2.31. The Balaban J connectivity index is 1.42. The van der Waals surface area contributed by atoms with E-state index in [9.17, 15) is 13.6 Å². The van der Waals surface area contributed by atoms with Crippen molar-refractivity contribution < 1.29 is 8.78 Å². The fourth-order valence-corrected chi connectivity index (χ4v) is 4.95. The quantitative estimate of drug-likeness (QED) is 0.739. The van der Waals surface area contributed by atoms with E-state index in [1.54, 1.807) is 0 Å². The zero-order valence-electron chi connectivity index (χ0n) is 15.4. The van der Waals surface area contributed by atoms with Gasteiger partial charge >= 0.3 is 0 Å². The van der Waals surface area contributed by atoms with Crippen molar-refractivity contribution >= 4 is 0 Å². The molecule has 1 aliphatic heterocycles. The average Bonchev–Trinajstić information content (AvgIpc) is 3.02. The number of nitrogens with one attached hydrogen (secondary N) is 1. The Morgan fingerprint density at radius 3 is 2.56 bits per heavy atom. The van der Waals surface area contributed by atoms with Crippen molar-refractivity contribution in [3.8, 4) is 11.3 Å². The number of piperidine rings is 1. The van der Waals surface area contributed by atoms with E-state index in [-0.39, 0.29) is 18.4 Å². The van der Waals surface area contributed by atoms with Gasteiger partial charge in [-0.1, -0.05) is 18.2 Å². The maximum absolute atomic E-state index is 13.4. The molecule has 142 valence electrons. The van der Waals surface area contributed by atoms with Gasteiger partial charge in [0.05, 0.1) is 5.69 Å². The molecule has 0 atom stereocenters. The van der Waals surface area contributed by atoms with E-state index in [2.05, 4.69) is 28.1 Å². The van der Waals surface area contributed by atoms with E-state index in [1.807, 2.05) is 0 Å². The normalized spacial score (nSPS) is 20.8. The molecule has 0 spiro atoms. The molecule has 1 fully saturated rings. The van der Waals surface area contributed by atoms with Crippen LogP contribution in [0.5, 0.6) is 0 Å². The molecule has 0 radical (unpaired) electrons. The van der Waals surface area contributed by atoms with Crippen LogP contribution in [-0.2, 0) is 25.8 Å². The number of likely N-dealkylation sites (tertiary alicyclic amines) is 1. The van der Waals surface area contributed by atoms with Gasteiger partial charge in [-0.15, -0.1) is 0 Å². The molecular weight excluding hydrogens is 346 g/mol. The first kappa shape index (κ1) is 17.1. The molecular formula is C22H24F2N2O. The van der Waals surface area contributed by atoms with Crippen LogP contribution >= 0.6 is 0 Å². The monoisotopic (exact) mass is 370 g/mol. The Morgan fingerprint density at radius 1 is 1.04 bits per heavy atom. The number of fused-ring (bicyclic) bond motifs is 5. The van der Waals surface area contributed by atoms with E-state index in [4.69, 9.17) is 0 Å². The molecule has 27 heavy (non-hydrogen) atoms. The third kappa shape index (κ3) is 3.02. The lowest BCUT2D eigenvalue weighted by atomic mass is 9.88. The van der Waals surface area contributed by atoms with E-state index < -0.39 is 5.92 Å². The summed E-state index contributed by atoms with van der Waals surface area (Å²) in [7, 11) is 0. The Hall–Kier alpha value is -2.01. The van der Waals surface area contributed by atoms with Crippen molar-refractivity contribution in [2.24, 2.45) is 0 Å². The summed E-state index contributed by atoms with van der Waals surface area (Å²) in [5.74, 6) is -2.50. The van der Waals surface area contributed by atoms with Crippen molar-refractivity contribution in [2.45, 2.75) is 57.4 Å². The molecule has 1 aromatic carbocycles. The molecule has 5 heteroatoms.